The normalized spacial score (nSPS) is 20.7. The fourth-order valence-corrected chi connectivity index (χ4v) is 4.89. The molecule has 0 radical (unpaired) electrons. The van der Waals surface area contributed by atoms with Crippen LogP contribution in [-0.4, -0.2) is 36.1 Å². The summed E-state index contributed by atoms with van der Waals surface area (Å²) in [4.78, 5) is 0. The van der Waals surface area contributed by atoms with Crippen molar-refractivity contribution in [2.75, 3.05) is 6.61 Å². The first-order valence-corrected chi connectivity index (χ1v) is 13.7. The third-order valence-corrected chi connectivity index (χ3v) is 7.00. The molecule has 1 N–H and O–H groups in total. The van der Waals surface area contributed by atoms with Crippen molar-refractivity contribution >= 4 is 0 Å². The minimum Gasteiger partial charge on any atom is -0.392 e. The van der Waals surface area contributed by atoms with Gasteiger partial charge in [0, 0.05) is 0 Å². The van der Waals surface area contributed by atoms with Gasteiger partial charge in [-0.05, 0) is 33.9 Å². The van der Waals surface area contributed by atoms with E-state index in [1.807, 2.05) is 127 Å². The highest BCUT2D eigenvalue weighted by atomic mass is 16.6. The summed E-state index contributed by atoms with van der Waals surface area (Å²) in [6.45, 7) is 1.41. The fraction of sp³-hybridized carbons (Fsp3) is 0.257. The van der Waals surface area contributed by atoms with Crippen LogP contribution in [0.25, 0.3) is 0 Å². The van der Waals surface area contributed by atoms with Crippen LogP contribution in [-0.2, 0) is 45.4 Å². The molecule has 0 saturated heterocycles. The van der Waals surface area contributed by atoms with E-state index in [0.717, 1.165) is 27.8 Å². The van der Waals surface area contributed by atoms with Gasteiger partial charge in [-0.2, -0.15) is 0 Å². The maximum Gasteiger partial charge on any atom is 0.117 e. The van der Waals surface area contributed by atoms with E-state index in [4.69, 9.17) is 18.9 Å². The zero-order chi connectivity index (χ0) is 27.4. The molecule has 5 heteroatoms. The SMILES string of the molecule is OCC1=C[C@@H](OCc2ccccc2)[C@H](OCc2ccccc2)[C@@H](OCc2ccccc2)[C@H]1OCc1ccccc1. The Morgan fingerprint density at radius 1 is 0.450 bits per heavy atom. The van der Waals surface area contributed by atoms with Gasteiger partial charge in [-0.25, -0.2) is 0 Å². The Morgan fingerprint density at radius 3 is 1.25 bits per heavy atom. The van der Waals surface area contributed by atoms with Crippen LogP contribution >= 0.6 is 0 Å². The van der Waals surface area contributed by atoms with Gasteiger partial charge in [-0.1, -0.05) is 121 Å². The molecular formula is C35H36O5. The maximum atomic E-state index is 10.5. The molecule has 4 aromatic carbocycles. The van der Waals surface area contributed by atoms with Gasteiger partial charge in [-0.3, -0.25) is 0 Å². The minimum absolute atomic E-state index is 0.165. The lowest BCUT2D eigenvalue weighted by molar-refractivity contribution is -0.183. The Morgan fingerprint density at radius 2 is 0.825 bits per heavy atom. The Balaban J connectivity index is 1.44. The Labute approximate surface area is 236 Å². The number of rotatable bonds is 13. The van der Waals surface area contributed by atoms with Gasteiger partial charge in [0.15, 0.2) is 0 Å². The highest BCUT2D eigenvalue weighted by molar-refractivity contribution is 5.24. The monoisotopic (exact) mass is 536 g/mol. The number of aliphatic hydroxyl groups excluding tert-OH is 1. The summed E-state index contributed by atoms with van der Waals surface area (Å²) >= 11 is 0. The molecule has 0 aliphatic heterocycles. The molecule has 5 rings (SSSR count). The van der Waals surface area contributed by atoms with Gasteiger partial charge in [0.25, 0.3) is 0 Å². The van der Waals surface area contributed by atoms with Crippen LogP contribution in [0, 0.1) is 0 Å². The van der Waals surface area contributed by atoms with E-state index in [-0.39, 0.29) is 6.61 Å². The predicted octanol–water partition coefficient (Wildman–Crippen LogP) is 6.26. The molecule has 0 unspecified atom stereocenters. The van der Waals surface area contributed by atoms with Crippen molar-refractivity contribution < 1.29 is 24.1 Å². The molecule has 0 fully saturated rings. The Bertz CT molecular complexity index is 1290. The zero-order valence-electron chi connectivity index (χ0n) is 22.5. The van der Waals surface area contributed by atoms with Crippen LogP contribution in [0.5, 0.6) is 0 Å². The zero-order valence-corrected chi connectivity index (χ0v) is 22.5. The largest absolute Gasteiger partial charge is 0.392 e. The van der Waals surface area contributed by atoms with E-state index in [1.165, 1.54) is 0 Å². The average molecular weight is 537 g/mol. The van der Waals surface area contributed by atoms with Crippen molar-refractivity contribution in [1.29, 1.82) is 0 Å². The molecule has 40 heavy (non-hydrogen) atoms. The summed E-state index contributed by atoms with van der Waals surface area (Å²) in [6.07, 6.45) is 0.0235. The summed E-state index contributed by atoms with van der Waals surface area (Å²) in [5.74, 6) is 0. The number of ether oxygens (including phenoxy) is 4. The maximum absolute atomic E-state index is 10.5. The number of hydrogen-bond donors (Lipinski definition) is 1. The highest BCUT2D eigenvalue weighted by Gasteiger charge is 2.43. The van der Waals surface area contributed by atoms with Gasteiger partial charge < -0.3 is 24.1 Å². The van der Waals surface area contributed by atoms with E-state index >= 15 is 0 Å². The molecule has 0 spiro atoms. The summed E-state index contributed by atoms with van der Waals surface area (Å²) < 4.78 is 26.1. The van der Waals surface area contributed by atoms with Crippen molar-refractivity contribution in [3.05, 3.63) is 155 Å². The standard InChI is InChI=1S/C35H36O5/c36-22-31-21-32(37-23-27-13-5-1-6-14-27)34(39-25-29-17-9-3-10-18-29)35(40-26-30-19-11-4-12-20-30)33(31)38-24-28-15-7-2-8-16-28/h1-21,32-36H,22-26H2/t32-,33+,34+,35+/m1/s1. The molecule has 5 nitrogen and oxygen atoms in total. The lowest BCUT2D eigenvalue weighted by Crippen LogP contribution is -2.53. The first kappa shape index (κ1) is 28.0. The third kappa shape index (κ3) is 7.75. The smallest absolute Gasteiger partial charge is 0.117 e. The Hall–Kier alpha value is -3.58. The van der Waals surface area contributed by atoms with Crippen LogP contribution in [0.2, 0.25) is 0 Å². The first-order chi connectivity index (χ1) is 19.8. The molecule has 1 aliphatic rings. The predicted molar refractivity (Wildman–Crippen MR) is 155 cm³/mol. The van der Waals surface area contributed by atoms with Gasteiger partial charge in [0.2, 0.25) is 0 Å². The van der Waals surface area contributed by atoms with Crippen molar-refractivity contribution in [2.45, 2.75) is 50.8 Å². The molecule has 0 bridgehead atoms. The number of benzene rings is 4. The molecule has 1 aliphatic carbocycles. The lowest BCUT2D eigenvalue weighted by atomic mass is 9.88. The number of aliphatic hydroxyl groups is 1. The van der Waals surface area contributed by atoms with Crippen LogP contribution in [0.4, 0.5) is 0 Å². The topological polar surface area (TPSA) is 57.2 Å². The molecule has 0 heterocycles. The van der Waals surface area contributed by atoms with Crippen molar-refractivity contribution in [2.24, 2.45) is 0 Å². The average Bonchev–Trinajstić information content (AvgIpc) is 3.03. The van der Waals surface area contributed by atoms with Crippen LogP contribution in [0.1, 0.15) is 22.3 Å². The quantitative estimate of drug-likeness (QED) is 0.204. The summed E-state index contributed by atoms with van der Waals surface area (Å²) in [5.41, 5.74) is 4.95. The molecule has 0 amide bonds. The van der Waals surface area contributed by atoms with E-state index in [0.29, 0.717) is 26.4 Å². The second-order valence-corrected chi connectivity index (χ2v) is 9.90. The van der Waals surface area contributed by atoms with Crippen molar-refractivity contribution in [3.63, 3.8) is 0 Å². The molecular weight excluding hydrogens is 500 g/mol. The van der Waals surface area contributed by atoms with Crippen molar-refractivity contribution in [3.8, 4) is 0 Å². The molecule has 0 saturated carbocycles. The van der Waals surface area contributed by atoms with E-state index in [2.05, 4.69) is 0 Å². The third-order valence-electron chi connectivity index (χ3n) is 7.00. The van der Waals surface area contributed by atoms with E-state index < -0.39 is 24.4 Å². The Kier molecular flexibility index (Phi) is 10.3. The molecule has 206 valence electrons. The second kappa shape index (κ2) is 14.7. The van der Waals surface area contributed by atoms with Gasteiger partial charge in [0.1, 0.15) is 24.4 Å². The molecule has 0 aromatic heterocycles. The minimum atomic E-state index is -0.513. The van der Waals surface area contributed by atoms with E-state index in [1.54, 1.807) is 0 Å². The van der Waals surface area contributed by atoms with Gasteiger partial charge in [0.05, 0.1) is 33.0 Å². The van der Waals surface area contributed by atoms with Crippen LogP contribution in [0.15, 0.2) is 133 Å². The van der Waals surface area contributed by atoms with Crippen LogP contribution in [0.3, 0.4) is 0 Å². The first-order valence-electron chi connectivity index (χ1n) is 13.7. The molecule has 4 aromatic rings. The van der Waals surface area contributed by atoms with Gasteiger partial charge in [-0.15, -0.1) is 0 Å². The lowest BCUT2D eigenvalue weighted by Gasteiger charge is -2.41. The van der Waals surface area contributed by atoms with Crippen molar-refractivity contribution in [1.82, 2.24) is 0 Å². The highest BCUT2D eigenvalue weighted by Crippen LogP contribution is 2.31. The van der Waals surface area contributed by atoms with Gasteiger partial charge >= 0.3 is 0 Å². The van der Waals surface area contributed by atoms with Crippen LogP contribution < -0.4 is 0 Å². The molecule has 4 atom stereocenters. The summed E-state index contributed by atoms with van der Waals surface area (Å²) in [6, 6.07) is 40.2. The second-order valence-electron chi connectivity index (χ2n) is 9.90. The number of hydrogen-bond acceptors (Lipinski definition) is 5. The van der Waals surface area contributed by atoms with E-state index in [9.17, 15) is 5.11 Å². The summed E-state index contributed by atoms with van der Waals surface area (Å²) in [7, 11) is 0. The fourth-order valence-electron chi connectivity index (χ4n) is 4.89. The summed E-state index contributed by atoms with van der Waals surface area (Å²) in [5, 5.41) is 10.5.